The monoisotopic (exact) mass is 436 g/mol. The van der Waals surface area contributed by atoms with Gasteiger partial charge in [-0.05, 0) is 55.0 Å². The summed E-state index contributed by atoms with van der Waals surface area (Å²) in [5, 5.41) is 13.4. The van der Waals surface area contributed by atoms with Gasteiger partial charge >= 0.3 is 5.97 Å². The first-order valence-corrected chi connectivity index (χ1v) is 10.5. The van der Waals surface area contributed by atoms with Crippen LogP contribution in [0.2, 0.25) is 0 Å². The summed E-state index contributed by atoms with van der Waals surface area (Å²) in [6.07, 6.45) is 4.28. The number of hydrogen-bond acceptors (Lipinski definition) is 5. The van der Waals surface area contributed by atoms with Gasteiger partial charge in [-0.3, -0.25) is 4.98 Å². The van der Waals surface area contributed by atoms with Gasteiger partial charge in [0.15, 0.2) is 5.11 Å². The van der Waals surface area contributed by atoms with Crippen LogP contribution in [0.5, 0.6) is 0 Å². The van der Waals surface area contributed by atoms with E-state index in [1.807, 2.05) is 59.3 Å². The molecule has 1 aromatic carbocycles. The maximum atomic E-state index is 12.4. The number of aliphatic hydroxyl groups excluding tert-OH is 1. The van der Waals surface area contributed by atoms with Crippen molar-refractivity contribution in [3.05, 3.63) is 83.9 Å². The van der Waals surface area contributed by atoms with Crippen LogP contribution in [0.15, 0.2) is 67.0 Å². The summed E-state index contributed by atoms with van der Waals surface area (Å²) >= 11 is 5.65. The summed E-state index contributed by atoms with van der Waals surface area (Å²) in [6, 6.07) is 16.8. The highest BCUT2D eigenvalue weighted by Gasteiger charge is 2.41. The number of nitrogens with zero attached hydrogens (tertiary/aromatic N) is 3. The average Bonchev–Trinajstić information content (AvgIpc) is 3.41. The SMILES string of the molecule is COC(=O)c1ccccc1-n1cccc1C1C(c2ccccn2)NC(=S)N1CCCO. The Kier molecular flexibility index (Phi) is 6.29. The Morgan fingerprint density at radius 3 is 2.74 bits per heavy atom. The van der Waals surface area contributed by atoms with E-state index in [1.165, 1.54) is 7.11 Å². The van der Waals surface area contributed by atoms with E-state index in [4.69, 9.17) is 17.0 Å². The molecule has 4 rings (SSSR count). The number of para-hydroxylation sites is 1. The van der Waals surface area contributed by atoms with Gasteiger partial charge in [0.25, 0.3) is 0 Å². The van der Waals surface area contributed by atoms with Crippen molar-refractivity contribution in [2.75, 3.05) is 20.3 Å². The lowest BCUT2D eigenvalue weighted by Gasteiger charge is -2.29. The summed E-state index contributed by atoms with van der Waals surface area (Å²) in [4.78, 5) is 19.0. The second-order valence-electron chi connectivity index (χ2n) is 7.21. The number of aliphatic hydroxyl groups is 1. The molecule has 1 aliphatic rings. The van der Waals surface area contributed by atoms with Gasteiger partial charge in [0.1, 0.15) is 0 Å². The number of benzene rings is 1. The van der Waals surface area contributed by atoms with Crippen molar-refractivity contribution < 1.29 is 14.6 Å². The summed E-state index contributed by atoms with van der Waals surface area (Å²) < 4.78 is 6.98. The van der Waals surface area contributed by atoms with Crippen LogP contribution < -0.4 is 5.32 Å². The Morgan fingerprint density at radius 1 is 1.19 bits per heavy atom. The number of rotatable bonds is 7. The number of methoxy groups -OCH3 is 1. The quantitative estimate of drug-likeness (QED) is 0.435. The van der Waals surface area contributed by atoms with Crippen molar-refractivity contribution in [1.29, 1.82) is 0 Å². The molecule has 3 aromatic rings. The predicted octanol–water partition coefficient (Wildman–Crippen LogP) is 3.01. The van der Waals surface area contributed by atoms with Crippen molar-refractivity contribution in [2.24, 2.45) is 0 Å². The second kappa shape index (κ2) is 9.28. The first kappa shape index (κ1) is 21.0. The molecule has 2 atom stereocenters. The highest BCUT2D eigenvalue weighted by atomic mass is 32.1. The van der Waals surface area contributed by atoms with E-state index in [1.54, 1.807) is 12.3 Å². The fourth-order valence-electron chi connectivity index (χ4n) is 4.03. The number of ether oxygens (including phenoxy) is 1. The highest BCUT2D eigenvalue weighted by molar-refractivity contribution is 7.80. The second-order valence-corrected chi connectivity index (χ2v) is 7.60. The minimum absolute atomic E-state index is 0.0757. The van der Waals surface area contributed by atoms with Gasteiger partial charge in [0.2, 0.25) is 0 Å². The molecule has 31 heavy (non-hydrogen) atoms. The molecule has 1 fully saturated rings. The van der Waals surface area contributed by atoms with Gasteiger partial charge in [0.05, 0.1) is 36.1 Å². The molecule has 0 aliphatic carbocycles. The molecular formula is C23H24N4O3S. The third kappa shape index (κ3) is 4.04. The molecule has 2 unspecified atom stereocenters. The average molecular weight is 437 g/mol. The topological polar surface area (TPSA) is 79.6 Å². The normalized spacial score (nSPS) is 18.1. The molecule has 2 aromatic heterocycles. The van der Waals surface area contributed by atoms with Crippen LogP contribution in [0.25, 0.3) is 5.69 Å². The first-order chi connectivity index (χ1) is 15.2. The van der Waals surface area contributed by atoms with Gasteiger partial charge in [0, 0.05) is 31.2 Å². The van der Waals surface area contributed by atoms with E-state index in [9.17, 15) is 9.90 Å². The molecule has 8 heteroatoms. The molecule has 2 N–H and O–H groups in total. The molecule has 1 saturated heterocycles. The Morgan fingerprint density at radius 2 is 2.00 bits per heavy atom. The summed E-state index contributed by atoms with van der Waals surface area (Å²) in [5.74, 6) is -0.395. The third-order valence-corrected chi connectivity index (χ3v) is 5.76. The van der Waals surface area contributed by atoms with E-state index < -0.39 is 5.97 Å². The van der Waals surface area contributed by atoms with Gasteiger partial charge in [-0.1, -0.05) is 18.2 Å². The molecule has 0 radical (unpaired) electrons. The van der Waals surface area contributed by atoms with Crippen molar-refractivity contribution in [3.8, 4) is 5.69 Å². The Balaban J connectivity index is 1.83. The minimum atomic E-state index is -0.395. The molecular weight excluding hydrogens is 412 g/mol. The Labute approximate surface area is 186 Å². The fourth-order valence-corrected chi connectivity index (χ4v) is 4.36. The lowest BCUT2D eigenvalue weighted by Crippen LogP contribution is -2.32. The van der Waals surface area contributed by atoms with Crippen LogP contribution in [0.3, 0.4) is 0 Å². The number of aromatic nitrogens is 2. The number of nitrogens with one attached hydrogen (secondary N) is 1. The fraction of sp³-hybridized carbons (Fsp3) is 0.261. The highest BCUT2D eigenvalue weighted by Crippen LogP contribution is 2.39. The molecule has 160 valence electrons. The molecule has 0 amide bonds. The number of thiocarbonyl (C=S) groups is 1. The first-order valence-electron chi connectivity index (χ1n) is 10.1. The molecule has 7 nitrogen and oxygen atoms in total. The zero-order valence-corrected chi connectivity index (χ0v) is 18.0. The summed E-state index contributed by atoms with van der Waals surface area (Å²) in [5.41, 5.74) is 3.04. The number of carbonyl (C=O) groups is 1. The molecule has 0 bridgehead atoms. The predicted molar refractivity (Wildman–Crippen MR) is 121 cm³/mol. The van der Waals surface area contributed by atoms with Gasteiger partial charge < -0.3 is 24.6 Å². The van der Waals surface area contributed by atoms with E-state index in [2.05, 4.69) is 15.2 Å². The van der Waals surface area contributed by atoms with E-state index in [0.29, 0.717) is 23.6 Å². The van der Waals surface area contributed by atoms with Crippen LogP contribution in [-0.2, 0) is 4.74 Å². The van der Waals surface area contributed by atoms with Crippen LogP contribution in [0.1, 0.15) is 40.3 Å². The third-order valence-electron chi connectivity index (χ3n) is 5.41. The minimum Gasteiger partial charge on any atom is -0.465 e. The molecule has 0 saturated carbocycles. The number of carbonyl (C=O) groups excluding carboxylic acids is 1. The number of hydrogen-bond donors (Lipinski definition) is 2. The van der Waals surface area contributed by atoms with Crippen molar-refractivity contribution in [2.45, 2.75) is 18.5 Å². The van der Waals surface area contributed by atoms with Crippen LogP contribution in [0.4, 0.5) is 0 Å². The van der Waals surface area contributed by atoms with Crippen molar-refractivity contribution in [3.63, 3.8) is 0 Å². The smallest absolute Gasteiger partial charge is 0.339 e. The number of esters is 1. The summed E-state index contributed by atoms with van der Waals surface area (Å²) in [7, 11) is 1.38. The van der Waals surface area contributed by atoms with E-state index in [0.717, 1.165) is 17.1 Å². The van der Waals surface area contributed by atoms with Gasteiger partial charge in [-0.15, -0.1) is 0 Å². The zero-order chi connectivity index (χ0) is 21.8. The van der Waals surface area contributed by atoms with Crippen LogP contribution >= 0.6 is 12.2 Å². The van der Waals surface area contributed by atoms with Gasteiger partial charge in [-0.2, -0.15) is 0 Å². The Hall–Kier alpha value is -3.23. The lowest BCUT2D eigenvalue weighted by atomic mass is 10.0. The Bertz CT molecular complexity index is 1070. The van der Waals surface area contributed by atoms with E-state index >= 15 is 0 Å². The summed E-state index contributed by atoms with van der Waals surface area (Å²) in [6.45, 7) is 0.673. The maximum absolute atomic E-state index is 12.4. The van der Waals surface area contributed by atoms with Gasteiger partial charge in [-0.25, -0.2) is 4.79 Å². The molecule has 3 heterocycles. The van der Waals surface area contributed by atoms with Crippen molar-refractivity contribution >= 4 is 23.3 Å². The van der Waals surface area contributed by atoms with Crippen LogP contribution in [0, 0.1) is 0 Å². The van der Waals surface area contributed by atoms with E-state index in [-0.39, 0.29) is 18.7 Å². The molecule has 1 aliphatic heterocycles. The largest absolute Gasteiger partial charge is 0.465 e. The van der Waals surface area contributed by atoms with Crippen molar-refractivity contribution in [1.82, 2.24) is 19.8 Å². The number of pyridine rings is 1. The standard InChI is InChI=1S/C23H24N4O3S/c1-30-22(29)16-8-2-3-10-18(16)26-13-6-11-19(26)21-20(17-9-4-5-12-24-17)25-23(31)27(21)14-7-15-28/h2-6,8-13,20-21,28H,7,14-15H2,1H3,(H,25,31). The zero-order valence-electron chi connectivity index (χ0n) is 17.1. The lowest BCUT2D eigenvalue weighted by molar-refractivity contribution is 0.0600. The maximum Gasteiger partial charge on any atom is 0.339 e. The molecule has 0 spiro atoms. The van der Waals surface area contributed by atoms with Crippen LogP contribution in [-0.4, -0.2) is 50.9 Å².